The minimum absolute atomic E-state index is 0.162. The molecule has 0 radical (unpaired) electrons. The standard InChI is InChI=1S/C26H30N4O4/c1-26(2,27)25(33)29-22(13-19-14-28-21-7-5-4-6-20(19)21)23(31)30-11-10-16-12-17(24(32)34-3)8-9-18(16)15-30/h4-9,12,14,22,28H,10-11,13,15,27H2,1-3H3,(H,29,33). The lowest BCUT2D eigenvalue weighted by atomic mass is 9.95. The molecule has 1 aliphatic heterocycles. The van der Waals surface area contributed by atoms with Crippen LogP contribution in [0.4, 0.5) is 0 Å². The topological polar surface area (TPSA) is 118 Å². The summed E-state index contributed by atoms with van der Waals surface area (Å²) in [5.41, 5.74) is 9.30. The van der Waals surface area contributed by atoms with E-state index < -0.39 is 11.6 Å². The number of H-pyrrole nitrogens is 1. The highest BCUT2D eigenvalue weighted by molar-refractivity contribution is 5.93. The average Bonchev–Trinajstić information content (AvgIpc) is 3.24. The lowest BCUT2D eigenvalue weighted by molar-refractivity contribution is -0.138. The van der Waals surface area contributed by atoms with E-state index >= 15 is 0 Å². The second-order valence-corrected chi connectivity index (χ2v) is 9.30. The van der Waals surface area contributed by atoms with Crippen LogP contribution in [0.3, 0.4) is 0 Å². The van der Waals surface area contributed by atoms with Crippen LogP contribution in [-0.4, -0.2) is 52.9 Å². The third-order valence-electron chi connectivity index (χ3n) is 6.24. The number of carbonyl (C=O) groups is 3. The molecular formula is C26H30N4O4. The van der Waals surface area contributed by atoms with Crippen LogP contribution >= 0.6 is 0 Å². The van der Waals surface area contributed by atoms with Crippen LogP contribution in [-0.2, 0) is 33.7 Å². The van der Waals surface area contributed by atoms with Gasteiger partial charge >= 0.3 is 5.97 Å². The van der Waals surface area contributed by atoms with Crippen molar-refractivity contribution >= 4 is 28.7 Å². The van der Waals surface area contributed by atoms with Crippen LogP contribution in [0.5, 0.6) is 0 Å². The molecule has 2 heterocycles. The van der Waals surface area contributed by atoms with Crippen molar-refractivity contribution in [3.63, 3.8) is 0 Å². The maximum absolute atomic E-state index is 13.6. The lowest BCUT2D eigenvalue weighted by Gasteiger charge is -2.33. The summed E-state index contributed by atoms with van der Waals surface area (Å²) < 4.78 is 4.81. The molecule has 1 atom stereocenters. The van der Waals surface area contributed by atoms with Crippen molar-refractivity contribution in [3.8, 4) is 0 Å². The minimum atomic E-state index is -1.11. The van der Waals surface area contributed by atoms with Crippen LogP contribution in [0, 0.1) is 0 Å². The van der Waals surface area contributed by atoms with Crippen molar-refractivity contribution in [3.05, 3.63) is 70.9 Å². The van der Waals surface area contributed by atoms with Crippen molar-refractivity contribution < 1.29 is 19.1 Å². The summed E-state index contributed by atoms with van der Waals surface area (Å²) in [7, 11) is 1.35. The van der Waals surface area contributed by atoms with E-state index in [4.69, 9.17) is 10.5 Å². The summed E-state index contributed by atoms with van der Waals surface area (Å²) in [6, 6.07) is 12.5. The zero-order valence-electron chi connectivity index (χ0n) is 19.7. The van der Waals surface area contributed by atoms with Crippen molar-refractivity contribution in [2.75, 3.05) is 13.7 Å². The van der Waals surface area contributed by atoms with E-state index in [2.05, 4.69) is 10.3 Å². The molecule has 0 spiro atoms. The highest BCUT2D eigenvalue weighted by Gasteiger charge is 2.32. The fourth-order valence-corrected chi connectivity index (χ4v) is 4.27. The normalized spacial score (nSPS) is 14.4. The monoisotopic (exact) mass is 462 g/mol. The fourth-order valence-electron chi connectivity index (χ4n) is 4.27. The molecule has 0 saturated heterocycles. The van der Waals surface area contributed by atoms with Crippen molar-refractivity contribution in [2.45, 2.75) is 44.8 Å². The Morgan fingerprint density at radius 3 is 2.68 bits per heavy atom. The van der Waals surface area contributed by atoms with E-state index in [0.29, 0.717) is 31.5 Å². The zero-order valence-corrected chi connectivity index (χ0v) is 19.7. The van der Waals surface area contributed by atoms with Gasteiger partial charge in [0.15, 0.2) is 0 Å². The molecule has 178 valence electrons. The first-order valence-electron chi connectivity index (χ1n) is 11.3. The number of methoxy groups -OCH3 is 1. The van der Waals surface area contributed by atoms with Gasteiger partial charge in [0.05, 0.1) is 18.2 Å². The van der Waals surface area contributed by atoms with Gasteiger partial charge in [-0.1, -0.05) is 24.3 Å². The molecule has 0 aliphatic carbocycles. The summed E-state index contributed by atoms with van der Waals surface area (Å²) >= 11 is 0. The Labute approximate surface area is 198 Å². The summed E-state index contributed by atoms with van der Waals surface area (Å²) in [5.74, 6) is -0.927. The predicted molar refractivity (Wildman–Crippen MR) is 129 cm³/mol. The number of nitrogens with one attached hydrogen (secondary N) is 2. The van der Waals surface area contributed by atoms with Crippen molar-refractivity contribution in [1.82, 2.24) is 15.2 Å². The first-order valence-corrected chi connectivity index (χ1v) is 11.3. The predicted octanol–water partition coefficient (Wildman–Crippen LogP) is 2.30. The first kappa shape index (κ1) is 23.5. The second-order valence-electron chi connectivity index (χ2n) is 9.30. The van der Waals surface area contributed by atoms with Crippen molar-refractivity contribution in [2.24, 2.45) is 5.73 Å². The molecule has 4 rings (SSSR count). The third kappa shape index (κ3) is 4.82. The van der Waals surface area contributed by atoms with E-state index in [9.17, 15) is 14.4 Å². The van der Waals surface area contributed by atoms with E-state index in [1.165, 1.54) is 7.11 Å². The molecule has 3 aromatic rings. The number of nitrogens with zero attached hydrogens (tertiary/aromatic N) is 1. The number of hydrogen-bond donors (Lipinski definition) is 3. The highest BCUT2D eigenvalue weighted by Crippen LogP contribution is 2.24. The number of hydrogen-bond acceptors (Lipinski definition) is 5. The van der Waals surface area contributed by atoms with Gasteiger partial charge in [0.25, 0.3) is 0 Å². The van der Waals surface area contributed by atoms with Crippen LogP contribution in [0.1, 0.15) is 40.9 Å². The molecular weight excluding hydrogens is 432 g/mol. The van der Waals surface area contributed by atoms with E-state index in [1.807, 2.05) is 42.6 Å². The Kier molecular flexibility index (Phi) is 6.43. The number of ether oxygens (including phenoxy) is 1. The summed E-state index contributed by atoms with van der Waals surface area (Å²) in [6.07, 6.45) is 2.84. The summed E-state index contributed by atoms with van der Waals surface area (Å²) in [4.78, 5) is 43.2. The Balaban J connectivity index is 1.58. The number of aromatic amines is 1. The third-order valence-corrected chi connectivity index (χ3v) is 6.24. The number of amides is 2. The summed E-state index contributed by atoms with van der Waals surface area (Å²) in [5, 5.41) is 3.90. The van der Waals surface area contributed by atoms with Crippen LogP contribution in [0.15, 0.2) is 48.7 Å². The molecule has 4 N–H and O–H groups in total. The number of aromatic nitrogens is 1. The molecule has 2 aromatic carbocycles. The Hall–Kier alpha value is -3.65. The SMILES string of the molecule is COC(=O)c1ccc2c(c1)CCN(C(=O)C(Cc1c[nH]c3ccccc13)NC(=O)C(C)(C)N)C2. The highest BCUT2D eigenvalue weighted by atomic mass is 16.5. The maximum atomic E-state index is 13.6. The first-order chi connectivity index (χ1) is 16.2. The van der Waals surface area contributed by atoms with Gasteiger partial charge in [-0.05, 0) is 55.2 Å². The van der Waals surface area contributed by atoms with Crippen molar-refractivity contribution in [1.29, 1.82) is 0 Å². The smallest absolute Gasteiger partial charge is 0.337 e. The quantitative estimate of drug-likeness (QED) is 0.486. The van der Waals surface area contributed by atoms with Gasteiger partial charge in [-0.25, -0.2) is 4.79 Å². The molecule has 34 heavy (non-hydrogen) atoms. The Bertz CT molecular complexity index is 1240. The van der Waals surface area contributed by atoms with Gasteiger partial charge in [0, 0.05) is 36.6 Å². The minimum Gasteiger partial charge on any atom is -0.465 e. The largest absolute Gasteiger partial charge is 0.465 e. The number of rotatable bonds is 6. The zero-order chi connectivity index (χ0) is 24.5. The molecule has 2 amide bonds. The molecule has 0 bridgehead atoms. The molecule has 8 heteroatoms. The number of fused-ring (bicyclic) bond motifs is 2. The van der Waals surface area contributed by atoms with Gasteiger partial charge < -0.3 is 25.7 Å². The molecule has 1 aromatic heterocycles. The maximum Gasteiger partial charge on any atom is 0.337 e. The van der Waals surface area contributed by atoms with Crippen LogP contribution in [0.2, 0.25) is 0 Å². The van der Waals surface area contributed by atoms with Gasteiger partial charge in [-0.3, -0.25) is 9.59 Å². The van der Waals surface area contributed by atoms with Gasteiger partial charge in [0.2, 0.25) is 11.8 Å². The number of nitrogens with two attached hydrogens (primary N) is 1. The number of para-hydroxylation sites is 1. The summed E-state index contributed by atoms with van der Waals surface area (Å²) in [6.45, 7) is 4.13. The van der Waals surface area contributed by atoms with Crippen LogP contribution < -0.4 is 11.1 Å². The van der Waals surface area contributed by atoms with Gasteiger partial charge in [-0.2, -0.15) is 0 Å². The molecule has 1 unspecified atom stereocenters. The number of benzene rings is 2. The lowest BCUT2D eigenvalue weighted by Crippen LogP contribution is -2.57. The second kappa shape index (κ2) is 9.30. The van der Waals surface area contributed by atoms with E-state index in [0.717, 1.165) is 27.6 Å². The van der Waals surface area contributed by atoms with Gasteiger partial charge in [0.1, 0.15) is 6.04 Å². The molecule has 8 nitrogen and oxygen atoms in total. The Morgan fingerprint density at radius 1 is 1.18 bits per heavy atom. The van der Waals surface area contributed by atoms with Crippen LogP contribution in [0.25, 0.3) is 10.9 Å². The molecule has 0 fully saturated rings. The average molecular weight is 463 g/mol. The molecule has 1 aliphatic rings. The fraction of sp³-hybridized carbons (Fsp3) is 0.346. The number of esters is 1. The van der Waals surface area contributed by atoms with Gasteiger partial charge in [-0.15, -0.1) is 0 Å². The molecule has 0 saturated carbocycles. The Morgan fingerprint density at radius 2 is 1.94 bits per heavy atom. The van der Waals surface area contributed by atoms with E-state index in [1.54, 1.807) is 24.8 Å². The van der Waals surface area contributed by atoms with E-state index in [-0.39, 0.29) is 17.8 Å². The number of carbonyl (C=O) groups excluding carboxylic acids is 3.